The van der Waals surface area contributed by atoms with Crippen molar-refractivity contribution in [2.24, 2.45) is 0 Å². The van der Waals surface area contributed by atoms with E-state index in [0.717, 1.165) is 21.7 Å². The average Bonchev–Trinajstić information content (AvgIpc) is 3.38. The summed E-state index contributed by atoms with van der Waals surface area (Å²) in [5.41, 5.74) is 2.75. The van der Waals surface area contributed by atoms with E-state index in [-0.39, 0.29) is 24.2 Å². The van der Waals surface area contributed by atoms with E-state index in [1.807, 2.05) is 13.0 Å². The van der Waals surface area contributed by atoms with Crippen LogP contribution in [0.5, 0.6) is 0 Å². The smallest absolute Gasteiger partial charge is 0.273 e. The van der Waals surface area contributed by atoms with Crippen LogP contribution in [0.2, 0.25) is 0 Å². The first kappa shape index (κ1) is 18.4. The Balaban J connectivity index is 1.51. The molecule has 5 nitrogen and oxygen atoms in total. The normalized spacial score (nSPS) is 21.8. The van der Waals surface area contributed by atoms with Gasteiger partial charge < -0.3 is 4.90 Å². The van der Waals surface area contributed by atoms with Crippen LogP contribution < -0.4 is 0 Å². The summed E-state index contributed by atoms with van der Waals surface area (Å²) in [6, 6.07) is 11.4. The SMILES string of the molecule is Cc1nc(C(=O)N2C[C@@H]3[C@@H](C2)c2cc(-c4ccc(F)cc4)ccc2S3(=O)=O)cs1. The summed E-state index contributed by atoms with van der Waals surface area (Å²) in [5, 5.41) is 1.88. The zero-order valence-corrected chi connectivity index (χ0v) is 17.1. The molecule has 2 aliphatic heterocycles. The number of hydrogen-bond acceptors (Lipinski definition) is 5. The second kappa shape index (κ2) is 6.47. The maximum absolute atomic E-state index is 13.2. The minimum Gasteiger partial charge on any atom is -0.335 e. The number of halogens is 1. The molecule has 0 bridgehead atoms. The fourth-order valence-electron chi connectivity index (χ4n) is 4.26. The standard InChI is InChI=1S/C21H17FN2O3S2/c1-12-23-18(11-28-12)21(25)24-9-17-16-8-14(13-2-5-15(22)6-3-13)4-7-19(16)29(26,27)20(17)10-24/h2-8,11,17,20H,9-10H2,1H3/t17-,20+/m0/s1. The van der Waals surface area contributed by atoms with Crippen LogP contribution in [0.3, 0.4) is 0 Å². The molecule has 0 radical (unpaired) electrons. The quantitative estimate of drug-likeness (QED) is 0.625. The van der Waals surface area contributed by atoms with Crippen LogP contribution in [0.4, 0.5) is 4.39 Å². The second-order valence-corrected chi connectivity index (χ2v) is 10.6. The highest BCUT2D eigenvalue weighted by molar-refractivity contribution is 7.92. The summed E-state index contributed by atoms with van der Waals surface area (Å²) >= 11 is 1.40. The summed E-state index contributed by atoms with van der Waals surface area (Å²) in [7, 11) is -3.50. The Morgan fingerprint density at radius 1 is 1.14 bits per heavy atom. The van der Waals surface area contributed by atoms with E-state index in [9.17, 15) is 17.6 Å². The number of rotatable bonds is 2. The van der Waals surface area contributed by atoms with Crippen molar-refractivity contribution in [1.29, 1.82) is 0 Å². The molecular formula is C21H17FN2O3S2. The maximum atomic E-state index is 13.2. The van der Waals surface area contributed by atoms with Crippen molar-refractivity contribution in [1.82, 2.24) is 9.88 Å². The van der Waals surface area contributed by atoms with Gasteiger partial charge in [0.15, 0.2) is 9.84 Å². The zero-order valence-electron chi connectivity index (χ0n) is 15.5. The van der Waals surface area contributed by atoms with Crippen molar-refractivity contribution < 1.29 is 17.6 Å². The number of benzene rings is 2. The Bertz CT molecular complexity index is 1240. The van der Waals surface area contributed by atoms with E-state index in [2.05, 4.69) is 4.98 Å². The molecule has 5 rings (SSSR count). The highest BCUT2D eigenvalue weighted by Crippen LogP contribution is 2.46. The van der Waals surface area contributed by atoms with Crippen LogP contribution >= 0.6 is 11.3 Å². The molecule has 3 aromatic rings. The molecule has 2 aliphatic rings. The number of sulfone groups is 1. The van der Waals surface area contributed by atoms with Gasteiger partial charge in [0.2, 0.25) is 0 Å². The topological polar surface area (TPSA) is 67.3 Å². The number of carbonyl (C=O) groups excluding carboxylic acids is 1. The largest absolute Gasteiger partial charge is 0.335 e. The van der Waals surface area contributed by atoms with E-state index in [0.29, 0.717) is 17.1 Å². The number of aryl methyl sites for hydroxylation is 1. The molecule has 3 heterocycles. The van der Waals surface area contributed by atoms with Crippen LogP contribution in [0, 0.1) is 12.7 Å². The molecule has 1 fully saturated rings. The van der Waals surface area contributed by atoms with Gasteiger partial charge in [-0.1, -0.05) is 18.2 Å². The van der Waals surface area contributed by atoms with Gasteiger partial charge in [-0.15, -0.1) is 11.3 Å². The first-order valence-electron chi connectivity index (χ1n) is 9.20. The first-order valence-corrected chi connectivity index (χ1v) is 11.6. The van der Waals surface area contributed by atoms with E-state index < -0.39 is 15.1 Å². The van der Waals surface area contributed by atoms with Gasteiger partial charge in [-0.25, -0.2) is 17.8 Å². The molecule has 8 heteroatoms. The van der Waals surface area contributed by atoms with E-state index in [1.165, 1.54) is 23.5 Å². The fourth-order valence-corrected chi connectivity index (χ4v) is 7.01. The summed E-state index contributed by atoms with van der Waals surface area (Å²) in [6.07, 6.45) is 0. The maximum Gasteiger partial charge on any atom is 0.273 e. The minimum absolute atomic E-state index is 0.170. The van der Waals surface area contributed by atoms with Gasteiger partial charge in [0.25, 0.3) is 5.91 Å². The molecule has 2 atom stereocenters. The first-order chi connectivity index (χ1) is 13.8. The van der Waals surface area contributed by atoms with Gasteiger partial charge in [-0.3, -0.25) is 4.79 Å². The Labute approximate surface area is 171 Å². The van der Waals surface area contributed by atoms with E-state index in [1.54, 1.807) is 34.5 Å². The fraction of sp³-hybridized carbons (Fsp3) is 0.238. The highest BCUT2D eigenvalue weighted by atomic mass is 32.2. The van der Waals surface area contributed by atoms with E-state index >= 15 is 0 Å². The zero-order chi connectivity index (χ0) is 20.3. The number of aromatic nitrogens is 1. The van der Waals surface area contributed by atoms with Crippen molar-refractivity contribution in [3.05, 3.63) is 69.9 Å². The number of carbonyl (C=O) groups is 1. The monoisotopic (exact) mass is 428 g/mol. The number of hydrogen-bond donors (Lipinski definition) is 0. The highest BCUT2D eigenvalue weighted by Gasteiger charge is 2.51. The van der Waals surface area contributed by atoms with Crippen LogP contribution in [0.25, 0.3) is 11.1 Å². The van der Waals surface area contributed by atoms with E-state index in [4.69, 9.17) is 0 Å². The number of fused-ring (bicyclic) bond motifs is 3. The minimum atomic E-state index is -3.50. The lowest BCUT2D eigenvalue weighted by atomic mass is 9.94. The van der Waals surface area contributed by atoms with Gasteiger partial charge in [0.05, 0.1) is 15.2 Å². The summed E-state index contributed by atoms with van der Waals surface area (Å²) in [5.74, 6) is -0.811. The van der Waals surface area contributed by atoms with Crippen molar-refractivity contribution in [3.63, 3.8) is 0 Å². The molecule has 0 spiro atoms. The summed E-state index contributed by atoms with van der Waals surface area (Å²) < 4.78 is 39.4. The third-order valence-electron chi connectivity index (χ3n) is 5.68. The van der Waals surface area contributed by atoms with Gasteiger partial charge in [-0.05, 0) is 47.9 Å². The molecule has 0 aliphatic carbocycles. The molecule has 1 amide bonds. The van der Waals surface area contributed by atoms with Crippen LogP contribution in [-0.2, 0) is 9.84 Å². The van der Waals surface area contributed by atoms with Crippen molar-refractivity contribution >= 4 is 27.1 Å². The molecule has 29 heavy (non-hydrogen) atoms. The third-order valence-corrected chi connectivity index (χ3v) is 8.72. The predicted octanol–water partition coefficient (Wildman–Crippen LogP) is 3.65. The van der Waals surface area contributed by atoms with Crippen molar-refractivity contribution in [3.8, 4) is 11.1 Å². The van der Waals surface area contributed by atoms with Crippen molar-refractivity contribution in [2.45, 2.75) is 23.0 Å². The van der Waals surface area contributed by atoms with Gasteiger partial charge in [-0.2, -0.15) is 0 Å². The summed E-state index contributed by atoms with van der Waals surface area (Å²) in [4.78, 5) is 18.9. The Hall–Kier alpha value is -2.58. The molecule has 148 valence electrons. The third kappa shape index (κ3) is 2.89. The van der Waals surface area contributed by atoms with Crippen LogP contribution in [0.1, 0.15) is 27.0 Å². The Kier molecular flexibility index (Phi) is 4.11. The van der Waals surface area contributed by atoms with Gasteiger partial charge >= 0.3 is 0 Å². The molecule has 0 N–H and O–H groups in total. The molecular weight excluding hydrogens is 411 g/mol. The molecule has 0 saturated carbocycles. The lowest BCUT2D eigenvalue weighted by Gasteiger charge is -2.17. The van der Waals surface area contributed by atoms with Crippen LogP contribution in [-0.4, -0.2) is 42.5 Å². The molecule has 2 aromatic carbocycles. The van der Waals surface area contributed by atoms with Gasteiger partial charge in [0.1, 0.15) is 11.5 Å². The lowest BCUT2D eigenvalue weighted by molar-refractivity contribution is 0.0785. The lowest BCUT2D eigenvalue weighted by Crippen LogP contribution is -2.31. The number of nitrogens with zero attached hydrogens (tertiary/aromatic N) is 2. The number of amides is 1. The predicted molar refractivity (Wildman–Crippen MR) is 108 cm³/mol. The molecule has 1 saturated heterocycles. The Morgan fingerprint density at radius 3 is 2.55 bits per heavy atom. The molecule has 1 aromatic heterocycles. The second-order valence-electron chi connectivity index (χ2n) is 7.41. The van der Waals surface area contributed by atoms with Crippen molar-refractivity contribution in [2.75, 3.05) is 13.1 Å². The Morgan fingerprint density at radius 2 is 1.86 bits per heavy atom. The number of likely N-dealkylation sites (tertiary alicyclic amines) is 1. The molecule has 0 unspecified atom stereocenters. The van der Waals surface area contributed by atoms with Gasteiger partial charge in [0, 0.05) is 24.4 Å². The van der Waals surface area contributed by atoms with Crippen LogP contribution in [0.15, 0.2) is 52.7 Å². The number of thiazole rings is 1. The average molecular weight is 429 g/mol. The summed E-state index contributed by atoms with van der Waals surface area (Å²) in [6.45, 7) is 2.35.